The van der Waals surface area contributed by atoms with Gasteiger partial charge in [0.2, 0.25) is 0 Å². The Morgan fingerprint density at radius 3 is 2.18 bits per heavy atom. The van der Waals surface area contributed by atoms with E-state index in [1.54, 1.807) is 7.11 Å². The second kappa shape index (κ2) is 13.8. The van der Waals surface area contributed by atoms with Crippen LogP contribution in [0.5, 0.6) is 0 Å². The number of likely N-dealkylation sites (tertiary alicyclic amines) is 1. The van der Waals surface area contributed by atoms with Crippen LogP contribution in [0.4, 0.5) is 8.78 Å². The van der Waals surface area contributed by atoms with E-state index in [0.29, 0.717) is 0 Å². The highest BCUT2D eigenvalue weighted by Gasteiger charge is 2.20. The first-order valence-electron chi connectivity index (χ1n) is 6.17. The van der Waals surface area contributed by atoms with Gasteiger partial charge in [0.1, 0.15) is 6.61 Å². The number of rotatable bonds is 4. The molecule has 1 aliphatic heterocycles. The number of likely N-dealkylation sites (N-methyl/N-ethyl adjacent to an activating group) is 1. The Kier molecular flexibility index (Phi) is 15.5. The number of methoxy groups -OCH3 is 1. The van der Waals surface area contributed by atoms with Crippen molar-refractivity contribution in [1.29, 1.82) is 0 Å². The Balaban J connectivity index is 0. The van der Waals surface area contributed by atoms with Crippen LogP contribution < -0.4 is 0 Å². The Morgan fingerprint density at radius 1 is 1.35 bits per heavy atom. The lowest BCUT2D eigenvalue weighted by atomic mass is 10.3. The van der Waals surface area contributed by atoms with Crippen molar-refractivity contribution in [3.63, 3.8) is 0 Å². The van der Waals surface area contributed by atoms with E-state index in [2.05, 4.69) is 9.64 Å². The maximum atomic E-state index is 11.6. The molecule has 1 fully saturated rings. The van der Waals surface area contributed by atoms with Crippen molar-refractivity contribution in [3.8, 4) is 0 Å². The number of alkyl halides is 2. The third-order valence-corrected chi connectivity index (χ3v) is 2.09. The molecule has 0 aliphatic carbocycles. The fourth-order valence-electron chi connectivity index (χ4n) is 1.24. The minimum Gasteiger partial charge on any atom is -0.385 e. The lowest BCUT2D eigenvalue weighted by Gasteiger charge is -2.10. The molecule has 0 N–H and O–H groups in total. The van der Waals surface area contributed by atoms with E-state index in [1.165, 1.54) is 0 Å². The topological polar surface area (TPSA) is 21.7 Å². The SMILES string of the molecule is CC.CCOC.CN1CC[C@H](OCC(F)F)C1. The zero-order valence-electron chi connectivity index (χ0n) is 11.7. The van der Waals surface area contributed by atoms with Crippen LogP contribution in [0.1, 0.15) is 27.2 Å². The highest BCUT2D eigenvalue weighted by atomic mass is 19.3. The minimum atomic E-state index is -2.33. The summed E-state index contributed by atoms with van der Waals surface area (Å²) in [6.07, 6.45) is -1.43. The van der Waals surface area contributed by atoms with Crippen LogP contribution in [0.25, 0.3) is 0 Å². The second-order valence-corrected chi connectivity index (χ2v) is 3.47. The molecule has 1 saturated heterocycles. The molecular weight excluding hydrogens is 228 g/mol. The van der Waals surface area contributed by atoms with E-state index in [4.69, 9.17) is 4.74 Å². The fourth-order valence-corrected chi connectivity index (χ4v) is 1.24. The van der Waals surface area contributed by atoms with Crippen molar-refractivity contribution in [2.75, 3.05) is 40.5 Å². The zero-order chi connectivity index (χ0) is 13.7. The van der Waals surface area contributed by atoms with Crippen molar-refractivity contribution in [3.05, 3.63) is 0 Å². The van der Waals surface area contributed by atoms with E-state index < -0.39 is 13.0 Å². The summed E-state index contributed by atoms with van der Waals surface area (Å²) >= 11 is 0. The molecule has 0 spiro atoms. The highest BCUT2D eigenvalue weighted by Crippen LogP contribution is 2.10. The molecule has 0 amide bonds. The van der Waals surface area contributed by atoms with Gasteiger partial charge in [-0.15, -0.1) is 0 Å². The van der Waals surface area contributed by atoms with Crippen LogP contribution in [0, 0.1) is 0 Å². The number of hydrogen-bond donors (Lipinski definition) is 0. The third-order valence-electron chi connectivity index (χ3n) is 2.09. The summed E-state index contributed by atoms with van der Waals surface area (Å²) < 4.78 is 32.8. The van der Waals surface area contributed by atoms with Crippen molar-refractivity contribution in [2.24, 2.45) is 0 Å². The summed E-state index contributed by atoms with van der Waals surface area (Å²) in [4.78, 5) is 2.08. The summed E-state index contributed by atoms with van der Waals surface area (Å²) in [7, 11) is 3.64. The lowest BCUT2D eigenvalue weighted by Crippen LogP contribution is -2.21. The van der Waals surface area contributed by atoms with Gasteiger partial charge in [-0.1, -0.05) is 13.8 Å². The van der Waals surface area contributed by atoms with Crippen LogP contribution in [0.3, 0.4) is 0 Å². The average Bonchev–Trinajstić information content (AvgIpc) is 2.75. The smallest absolute Gasteiger partial charge is 0.261 e. The lowest BCUT2D eigenvalue weighted by molar-refractivity contribution is -0.0190. The molecule has 1 aliphatic rings. The molecule has 0 aromatic rings. The average molecular weight is 255 g/mol. The summed E-state index contributed by atoms with van der Waals surface area (Å²) in [5.74, 6) is 0. The van der Waals surface area contributed by atoms with Crippen LogP contribution in [0.2, 0.25) is 0 Å². The minimum absolute atomic E-state index is 0.0222. The third kappa shape index (κ3) is 13.7. The van der Waals surface area contributed by atoms with Gasteiger partial charge in [-0.25, -0.2) is 8.78 Å². The second-order valence-electron chi connectivity index (χ2n) is 3.47. The molecule has 0 bridgehead atoms. The van der Waals surface area contributed by atoms with E-state index in [0.717, 1.165) is 26.1 Å². The van der Waals surface area contributed by atoms with Gasteiger partial charge < -0.3 is 14.4 Å². The number of ether oxygens (including phenoxy) is 2. The van der Waals surface area contributed by atoms with Gasteiger partial charge in [0.15, 0.2) is 0 Å². The summed E-state index contributed by atoms with van der Waals surface area (Å²) in [5.41, 5.74) is 0. The fraction of sp³-hybridized carbons (Fsp3) is 1.00. The van der Waals surface area contributed by atoms with Gasteiger partial charge in [0.25, 0.3) is 6.43 Å². The molecule has 0 unspecified atom stereocenters. The molecule has 17 heavy (non-hydrogen) atoms. The summed E-state index contributed by atoms with van der Waals surface area (Å²) in [6.45, 7) is 8.10. The number of hydrogen-bond acceptors (Lipinski definition) is 3. The van der Waals surface area contributed by atoms with Crippen LogP contribution in [-0.4, -0.2) is 57.9 Å². The molecule has 106 valence electrons. The van der Waals surface area contributed by atoms with Gasteiger partial charge in [-0.2, -0.15) is 0 Å². The van der Waals surface area contributed by atoms with E-state index >= 15 is 0 Å². The molecular formula is C12H27F2NO2. The normalized spacial score (nSPS) is 19.4. The van der Waals surface area contributed by atoms with Gasteiger partial charge >= 0.3 is 0 Å². The van der Waals surface area contributed by atoms with Crippen molar-refractivity contribution >= 4 is 0 Å². The van der Waals surface area contributed by atoms with Gasteiger partial charge in [0.05, 0.1) is 6.10 Å². The highest BCUT2D eigenvalue weighted by molar-refractivity contribution is 4.72. The maximum absolute atomic E-state index is 11.6. The molecule has 5 heteroatoms. The van der Waals surface area contributed by atoms with E-state index in [9.17, 15) is 8.78 Å². The molecule has 0 aromatic heterocycles. The van der Waals surface area contributed by atoms with Gasteiger partial charge in [0, 0.05) is 26.8 Å². The number of halogens is 2. The Bertz CT molecular complexity index is 146. The quantitative estimate of drug-likeness (QED) is 0.771. The molecule has 1 rings (SSSR count). The maximum Gasteiger partial charge on any atom is 0.261 e. The van der Waals surface area contributed by atoms with E-state index in [1.807, 2.05) is 27.8 Å². The van der Waals surface area contributed by atoms with Gasteiger partial charge in [-0.05, 0) is 20.4 Å². The Morgan fingerprint density at radius 2 is 1.88 bits per heavy atom. The van der Waals surface area contributed by atoms with Crippen molar-refractivity contribution < 1.29 is 18.3 Å². The first-order valence-corrected chi connectivity index (χ1v) is 6.17. The first-order chi connectivity index (χ1) is 8.10. The predicted molar refractivity (Wildman–Crippen MR) is 66.8 cm³/mol. The Hall–Kier alpha value is -0.260. The first kappa shape index (κ1) is 19.1. The molecule has 3 nitrogen and oxygen atoms in total. The van der Waals surface area contributed by atoms with E-state index in [-0.39, 0.29) is 6.10 Å². The van der Waals surface area contributed by atoms with Crippen LogP contribution >= 0.6 is 0 Å². The monoisotopic (exact) mass is 255 g/mol. The Labute approximate surface area is 104 Å². The van der Waals surface area contributed by atoms with Crippen molar-refractivity contribution in [2.45, 2.75) is 39.7 Å². The predicted octanol–water partition coefficient (Wildman–Crippen LogP) is 2.65. The van der Waals surface area contributed by atoms with Crippen LogP contribution in [-0.2, 0) is 9.47 Å². The molecule has 0 saturated carbocycles. The summed E-state index contributed by atoms with van der Waals surface area (Å²) in [5, 5.41) is 0. The molecule has 0 radical (unpaired) electrons. The van der Waals surface area contributed by atoms with Gasteiger partial charge in [-0.3, -0.25) is 0 Å². The standard InChI is InChI=1S/C7H13F2NO.C3H8O.C2H6/c1-10-3-2-6(4-10)11-5-7(8)9;1-3-4-2;1-2/h6-7H,2-5H2,1H3;3H2,1-2H3;1-2H3/t6-;;/m0../s1. The zero-order valence-corrected chi connectivity index (χ0v) is 11.7. The molecule has 1 atom stereocenters. The number of nitrogens with zero attached hydrogens (tertiary/aromatic N) is 1. The van der Waals surface area contributed by atoms with Crippen molar-refractivity contribution in [1.82, 2.24) is 4.90 Å². The van der Waals surface area contributed by atoms with Crippen LogP contribution in [0.15, 0.2) is 0 Å². The molecule has 1 heterocycles. The largest absolute Gasteiger partial charge is 0.385 e. The molecule has 0 aromatic carbocycles. The summed E-state index contributed by atoms with van der Waals surface area (Å²) in [6, 6.07) is 0.